The summed E-state index contributed by atoms with van der Waals surface area (Å²) in [7, 11) is 0. The van der Waals surface area contributed by atoms with Crippen molar-refractivity contribution in [2.75, 3.05) is 0 Å². The predicted octanol–water partition coefficient (Wildman–Crippen LogP) is 1.88. The van der Waals surface area contributed by atoms with E-state index in [-0.39, 0.29) is 0 Å². The monoisotopic (exact) mass is 269 g/mol. The molecule has 1 unspecified atom stereocenters. The molecular formula is C10H12BrN3O. The summed E-state index contributed by atoms with van der Waals surface area (Å²) >= 11 is 3.33. The second-order valence-corrected chi connectivity index (χ2v) is 4.41. The third-order valence-electron chi connectivity index (χ3n) is 2.20. The number of pyridine rings is 1. The number of aromatic nitrogens is 3. The molecule has 80 valence electrons. The van der Waals surface area contributed by atoms with Crippen LogP contribution in [0.5, 0.6) is 0 Å². The summed E-state index contributed by atoms with van der Waals surface area (Å²) in [5.74, 6) is 0.872. The molecule has 2 aromatic rings. The van der Waals surface area contributed by atoms with Crippen LogP contribution in [0.3, 0.4) is 0 Å². The Labute approximate surface area is 96.1 Å². The van der Waals surface area contributed by atoms with Crippen LogP contribution in [0.15, 0.2) is 16.7 Å². The van der Waals surface area contributed by atoms with Crippen molar-refractivity contribution in [2.45, 2.75) is 26.5 Å². The lowest BCUT2D eigenvalue weighted by molar-refractivity contribution is 0.174. The third-order valence-corrected chi connectivity index (χ3v) is 2.64. The molecule has 2 rings (SSSR count). The van der Waals surface area contributed by atoms with Crippen LogP contribution in [-0.2, 0) is 6.54 Å². The first-order chi connectivity index (χ1) is 7.08. The maximum absolute atomic E-state index is 9.39. The van der Waals surface area contributed by atoms with Gasteiger partial charge in [-0.1, -0.05) is 0 Å². The van der Waals surface area contributed by atoms with E-state index >= 15 is 0 Å². The molecule has 0 saturated heterocycles. The number of halogens is 1. The van der Waals surface area contributed by atoms with Gasteiger partial charge in [0.1, 0.15) is 15.9 Å². The number of aliphatic hydroxyl groups is 1. The first-order valence-electron chi connectivity index (χ1n) is 4.75. The maximum Gasteiger partial charge on any atom is 0.161 e. The average molecular weight is 270 g/mol. The molecule has 1 N–H and O–H groups in total. The van der Waals surface area contributed by atoms with Gasteiger partial charge in [0, 0.05) is 0 Å². The van der Waals surface area contributed by atoms with E-state index in [4.69, 9.17) is 0 Å². The highest BCUT2D eigenvalue weighted by molar-refractivity contribution is 9.10. The molecule has 4 nitrogen and oxygen atoms in total. The zero-order valence-electron chi connectivity index (χ0n) is 8.61. The molecule has 1 atom stereocenters. The van der Waals surface area contributed by atoms with E-state index in [1.807, 2.05) is 23.6 Å². The molecule has 0 fully saturated rings. The van der Waals surface area contributed by atoms with E-state index in [1.165, 1.54) is 0 Å². The van der Waals surface area contributed by atoms with Crippen LogP contribution < -0.4 is 0 Å². The van der Waals surface area contributed by atoms with Gasteiger partial charge in [0.25, 0.3) is 0 Å². The van der Waals surface area contributed by atoms with Crippen LogP contribution in [-0.4, -0.2) is 25.7 Å². The van der Waals surface area contributed by atoms with Crippen molar-refractivity contribution in [3.8, 4) is 0 Å². The molecular weight excluding hydrogens is 258 g/mol. The van der Waals surface area contributed by atoms with Crippen molar-refractivity contribution in [1.82, 2.24) is 14.5 Å². The third kappa shape index (κ3) is 2.03. The Hall–Kier alpha value is -0.940. The minimum absolute atomic E-state index is 0.401. The molecule has 0 aliphatic heterocycles. The van der Waals surface area contributed by atoms with Crippen molar-refractivity contribution < 1.29 is 5.11 Å². The van der Waals surface area contributed by atoms with Gasteiger partial charge < -0.3 is 9.67 Å². The van der Waals surface area contributed by atoms with E-state index in [9.17, 15) is 5.11 Å². The minimum Gasteiger partial charge on any atom is -0.392 e. The van der Waals surface area contributed by atoms with Gasteiger partial charge in [-0.25, -0.2) is 9.97 Å². The molecule has 0 aromatic carbocycles. The highest BCUT2D eigenvalue weighted by atomic mass is 79.9. The zero-order chi connectivity index (χ0) is 11.0. The van der Waals surface area contributed by atoms with Crippen LogP contribution in [0.4, 0.5) is 0 Å². The summed E-state index contributed by atoms with van der Waals surface area (Å²) in [6, 6.07) is 3.78. The summed E-state index contributed by atoms with van der Waals surface area (Å²) < 4.78 is 2.70. The Morgan fingerprint density at radius 3 is 2.87 bits per heavy atom. The average Bonchev–Trinajstić information content (AvgIpc) is 2.43. The van der Waals surface area contributed by atoms with Gasteiger partial charge in [-0.05, 0) is 41.9 Å². The van der Waals surface area contributed by atoms with Gasteiger partial charge in [-0.2, -0.15) is 0 Å². The van der Waals surface area contributed by atoms with Crippen molar-refractivity contribution in [1.29, 1.82) is 0 Å². The number of rotatable bonds is 2. The molecule has 0 aliphatic carbocycles. The lowest BCUT2D eigenvalue weighted by Gasteiger charge is -2.07. The first kappa shape index (κ1) is 10.6. The number of aliphatic hydroxyl groups excluding tert-OH is 1. The van der Waals surface area contributed by atoms with E-state index in [2.05, 4.69) is 25.9 Å². The van der Waals surface area contributed by atoms with Crippen LogP contribution in [0.1, 0.15) is 12.7 Å². The lowest BCUT2D eigenvalue weighted by Crippen LogP contribution is -2.13. The highest BCUT2D eigenvalue weighted by Gasteiger charge is 2.10. The second-order valence-electron chi connectivity index (χ2n) is 3.60. The zero-order valence-corrected chi connectivity index (χ0v) is 10.2. The van der Waals surface area contributed by atoms with Gasteiger partial charge in [-0.15, -0.1) is 0 Å². The van der Waals surface area contributed by atoms with Gasteiger partial charge in [0.2, 0.25) is 0 Å². The van der Waals surface area contributed by atoms with Crippen LogP contribution in [0, 0.1) is 6.92 Å². The number of fused-ring (bicyclic) bond motifs is 1. The summed E-state index contributed by atoms with van der Waals surface area (Å²) in [5, 5.41) is 9.39. The second kappa shape index (κ2) is 3.90. The molecule has 5 heteroatoms. The number of hydrogen-bond donors (Lipinski definition) is 1. The fourth-order valence-corrected chi connectivity index (χ4v) is 1.87. The topological polar surface area (TPSA) is 50.9 Å². The molecule has 15 heavy (non-hydrogen) atoms. The molecule has 0 spiro atoms. The molecule has 2 heterocycles. The largest absolute Gasteiger partial charge is 0.392 e. The van der Waals surface area contributed by atoms with E-state index < -0.39 is 6.10 Å². The molecule has 0 radical (unpaired) electrons. The lowest BCUT2D eigenvalue weighted by atomic mass is 10.4. The van der Waals surface area contributed by atoms with Gasteiger partial charge in [-0.3, -0.25) is 0 Å². The first-order valence-corrected chi connectivity index (χ1v) is 5.54. The van der Waals surface area contributed by atoms with Crippen LogP contribution in [0.25, 0.3) is 11.2 Å². The fourth-order valence-electron chi connectivity index (χ4n) is 1.57. The van der Waals surface area contributed by atoms with Gasteiger partial charge in [0.05, 0.1) is 12.6 Å². The fraction of sp³-hybridized carbons (Fsp3) is 0.400. The van der Waals surface area contributed by atoms with Crippen LogP contribution >= 0.6 is 15.9 Å². The molecule has 0 aliphatic rings. The van der Waals surface area contributed by atoms with Crippen molar-refractivity contribution in [3.05, 3.63) is 22.6 Å². The molecule has 0 saturated carbocycles. The summed E-state index contributed by atoms with van der Waals surface area (Å²) in [6.45, 7) is 4.19. The Bertz CT molecular complexity index is 493. The normalized spacial score (nSPS) is 13.3. The summed E-state index contributed by atoms with van der Waals surface area (Å²) in [6.07, 6.45) is -0.401. The van der Waals surface area contributed by atoms with Crippen molar-refractivity contribution in [3.63, 3.8) is 0 Å². The van der Waals surface area contributed by atoms with Crippen molar-refractivity contribution >= 4 is 27.1 Å². The molecule has 2 aromatic heterocycles. The smallest absolute Gasteiger partial charge is 0.161 e. The SMILES string of the molecule is Cc1nc2ccc(Br)nc2n1CC(C)O. The highest BCUT2D eigenvalue weighted by Crippen LogP contribution is 2.17. The quantitative estimate of drug-likeness (QED) is 0.848. The molecule has 0 amide bonds. The van der Waals surface area contributed by atoms with Gasteiger partial charge in [0.15, 0.2) is 5.65 Å². The summed E-state index contributed by atoms with van der Waals surface area (Å²) in [4.78, 5) is 8.73. The minimum atomic E-state index is -0.401. The predicted molar refractivity (Wildman–Crippen MR) is 61.6 cm³/mol. The Balaban J connectivity index is 2.60. The standard InChI is InChI=1S/C10H12BrN3O/c1-6(15)5-14-7(2)12-8-3-4-9(11)13-10(8)14/h3-4,6,15H,5H2,1-2H3. The summed E-state index contributed by atoms with van der Waals surface area (Å²) in [5.41, 5.74) is 1.67. The number of hydrogen-bond acceptors (Lipinski definition) is 3. The Morgan fingerprint density at radius 2 is 2.20 bits per heavy atom. The number of aryl methyl sites for hydroxylation is 1. The number of nitrogens with zero attached hydrogens (tertiary/aromatic N) is 3. The van der Waals surface area contributed by atoms with Gasteiger partial charge >= 0.3 is 0 Å². The van der Waals surface area contributed by atoms with E-state index in [0.717, 1.165) is 21.6 Å². The van der Waals surface area contributed by atoms with E-state index in [0.29, 0.717) is 6.54 Å². The van der Waals surface area contributed by atoms with Crippen molar-refractivity contribution in [2.24, 2.45) is 0 Å². The molecule has 0 bridgehead atoms. The van der Waals surface area contributed by atoms with Crippen LogP contribution in [0.2, 0.25) is 0 Å². The number of imidazole rings is 1. The Kier molecular flexibility index (Phi) is 2.75. The maximum atomic E-state index is 9.39. The van der Waals surface area contributed by atoms with E-state index in [1.54, 1.807) is 6.92 Å². The Morgan fingerprint density at radius 1 is 1.47 bits per heavy atom.